The van der Waals surface area contributed by atoms with Gasteiger partial charge < -0.3 is 16.0 Å². The van der Waals surface area contributed by atoms with Gasteiger partial charge in [0.05, 0.1) is 6.04 Å². The summed E-state index contributed by atoms with van der Waals surface area (Å²) in [4.78, 5) is 23.3. The maximum absolute atomic E-state index is 12.3. The predicted molar refractivity (Wildman–Crippen MR) is 88.2 cm³/mol. The minimum Gasteiger partial charge on any atom is -0.382 e. The van der Waals surface area contributed by atoms with Crippen LogP contribution in [0, 0.1) is 6.92 Å². The molecule has 0 fully saturated rings. The van der Waals surface area contributed by atoms with Gasteiger partial charge in [-0.3, -0.25) is 4.79 Å². The minimum atomic E-state index is -0.207. The van der Waals surface area contributed by atoms with Crippen LogP contribution in [0.1, 0.15) is 40.3 Å². The number of hydrogen-bond acceptors (Lipinski definition) is 7. The number of carbonyl (C=O) groups excluding carboxylic acids is 1. The number of nitrogens with zero attached hydrogens (tertiary/aromatic N) is 3. The van der Waals surface area contributed by atoms with Crippen LogP contribution < -0.4 is 16.0 Å². The number of nitrogens with two attached hydrogens (primary N) is 1. The maximum Gasteiger partial charge on any atom is 0.265 e. The quantitative estimate of drug-likeness (QED) is 0.882. The van der Waals surface area contributed by atoms with Crippen molar-refractivity contribution in [2.45, 2.75) is 26.8 Å². The molecule has 0 bridgehead atoms. The summed E-state index contributed by atoms with van der Waals surface area (Å²) in [6, 6.07) is -0.148. The standard InChI is InChI=1S/C13H19N5OS2/c1-5-18(4)13-17-10(14)9(21-13)11(19)16-8(3)12-15-7(2)6-20-12/h6,8H,5,14H2,1-4H3,(H,16,19). The normalized spacial score (nSPS) is 12.2. The van der Waals surface area contributed by atoms with Crippen molar-refractivity contribution >= 4 is 39.5 Å². The van der Waals surface area contributed by atoms with E-state index in [1.54, 1.807) is 0 Å². The van der Waals surface area contributed by atoms with Crippen LogP contribution in [0.3, 0.4) is 0 Å². The average molecular weight is 325 g/mol. The molecule has 0 spiro atoms. The Hall–Kier alpha value is -1.67. The summed E-state index contributed by atoms with van der Waals surface area (Å²) < 4.78 is 0. The lowest BCUT2D eigenvalue weighted by Crippen LogP contribution is -2.26. The zero-order chi connectivity index (χ0) is 15.6. The van der Waals surface area contributed by atoms with Crippen molar-refractivity contribution in [1.29, 1.82) is 0 Å². The van der Waals surface area contributed by atoms with Crippen LogP contribution in [-0.2, 0) is 0 Å². The van der Waals surface area contributed by atoms with E-state index in [1.807, 2.05) is 38.1 Å². The Balaban J connectivity index is 2.11. The number of nitrogens with one attached hydrogen (secondary N) is 1. The van der Waals surface area contributed by atoms with Crippen molar-refractivity contribution in [3.05, 3.63) is 21.0 Å². The lowest BCUT2D eigenvalue weighted by molar-refractivity contribution is 0.0944. The Morgan fingerprint density at radius 2 is 2.24 bits per heavy atom. The molecule has 8 heteroatoms. The van der Waals surface area contributed by atoms with Crippen molar-refractivity contribution in [3.8, 4) is 0 Å². The fourth-order valence-electron chi connectivity index (χ4n) is 1.68. The summed E-state index contributed by atoms with van der Waals surface area (Å²) >= 11 is 2.84. The lowest BCUT2D eigenvalue weighted by atomic mass is 10.3. The Morgan fingerprint density at radius 3 is 2.81 bits per heavy atom. The van der Waals surface area contributed by atoms with Crippen LogP contribution >= 0.6 is 22.7 Å². The van der Waals surface area contributed by atoms with Crippen LogP contribution in [0.25, 0.3) is 0 Å². The van der Waals surface area contributed by atoms with Crippen molar-refractivity contribution in [2.24, 2.45) is 0 Å². The third-order valence-electron chi connectivity index (χ3n) is 3.00. The second-order valence-corrected chi connectivity index (χ2v) is 6.61. The third-order valence-corrected chi connectivity index (χ3v) is 5.33. The molecule has 21 heavy (non-hydrogen) atoms. The van der Waals surface area contributed by atoms with E-state index in [0.717, 1.165) is 22.4 Å². The number of hydrogen-bond donors (Lipinski definition) is 2. The van der Waals surface area contributed by atoms with Gasteiger partial charge in [0.2, 0.25) is 0 Å². The Bertz CT molecular complexity index is 636. The third kappa shape index (κ3) is 3.51. The molecule has 0 aliphatic carbocycles. The molecule has 0 aliphatic rings. The molecule has 3 N–H and O–H groups in total. The Kier molecular flexibility index (Phi) is 4.79. The number of carbonyl (C=O) groups is 1. The largest absolute Gasteiger partial charge is 0.382 e. The fourth-order valence-corrected chi connectivity index (χ4v) is 3.39. The molecule has 114 valence electrons. The van der Waals surface area contributed by atoms with Crippen LogP contribution in [-0.4, -0.2) is 29.5 Å². The van der Waals surface area contributed by atoms with E-state index in [0.29, 0.717) is 4.88 Å². The predicted octanol–water partition coefficient (Wildman–Crippen LogP) is 2.44. The topological polar surface area (TPSA) is 84.1 Å². The molecular weight excluding hydrogens is 306 g/mol. The molecule has 2 rings (SSSR count). The summed E-state index contributed by atoms with van der Waals surface area (Å²) in [6.45, 7) is 6.67. The summed E-state index contributed by atoms with van der Waals surface area (Å²) in [5, 5.41) is 6.52. The zero-order valence-corrected chi connectivity index (χ0v) is 14.1. The van der Waals surface area contributed by atoms with Gasteiger partial charge in [-0.25, -0.2) is 9.97 Å². The number of aromatic nitrogens is 2. The van der Waals surface area contributed by atoms with E-state index >= 15 is 0 Å². The zero-order valence-electron chi connectivity index (χ0n) is 12.5. The first-order valence-corrected chi connectivity index (χ1v) is 8.32. The molecule has 0 aromatic carbocycles. The monoisotopic (exact) mass is 325 g/mol. The van der Waals surface area contributed by atoms with Gasteiger partial charge in [-0.1, -0.05) is 11.3 Å². The summed E-state index contributed by atoms with van der Waals surface area (Å²) in [6.07, 6.45) is 0. The molecule has 2 heterocycles. The van der Waals surface area contributed by atoms with Crippen LogP contribution in [0.2, 0.25) is 0 Å². The first-order valence-electron chi connectivity index (χ1n) is 6.62. The van der Waals surface area contributed by atoms with Gasteiger partial charge in [0.15, 0.2) is 5.13 Å². The van der Waals surface area contributed by atoms with Gasteiger partial charge >= 0.3 is 0 Å². The molecule has 2 aromatic heterocycles. The fraction of sp³-hybridized carbons (Fsp3) is 0.462. The first kappa shape index (κ1) is 15.7. The van der Waals surface area contributed by atoms with Gasteiger partial charge in [0, 0.05) is 24.7 Å². The van der Waals surface area contributed by atoms with Crippen molar-refractivity contribution in [3.63, 3.8) is 0 Å². The maximum atomic E-state index is 12.3. The van der Waals surface area contributed by atoms with Crippen molar-refractivity contribution in [1.82, 2.24) is 15.3 Å². The number of thiazole rings is 2. The van der Waals surface area contributed by atoms with E-state index in [2.05, 4.69) is 15.3 Å². The molecule has 1 unspecified atom stereocenters. The highest BCUT2D eigenvalue weighted by molar-refractivity contribution is 7.18. The van der Waals surface area contributed by atoms with Crippen molar-refractivity contribution in [2.75, 3.05) is 24.2 Å². The van der Waals surface area contributed by atoms with E-state index in [1.165, 1.54) is 22.7 Å². The summed E-state index contributed by atoms with van der Waals surface area (Å²) in [7, 11) is 1.92. The molecule has 1 amide bonds. The molecule has 0 aliphatic heterocycles. The summed E-state index contributed by atoms with van der Waals surface area (Å²) in [5.74, 6) is 0.0661. The number of amides is 1. The van der Waals surface area contributed by atoms with Crippen LogP contribution in [0.4, 0.5) is 10.9 Å². The first-order chi connectivity index (χ1) is 9.92. The molecule has 1 atom stereocenters. The molecule has 0 saturated heterocycles. The van der Waals surface area contributed by atoms with Gasteiger partial charge in [-0.05, 0) is 20.8 Å². The molecule has 0 radical (unpaired) electrons. The van der Waals surface area contributed by atoms with Crippen LogP contribution in [0.15, 0.2) is 5.38 Å². The van der Waals surface area contributed by atoms with Gasteiger partial charge in [0.1, 0.15) is 15.7 Å². The van der Waals surface area contributed by atoms with Crippen LogP contribution in [0.5, 0.6) is 0 Å². The molecule has 2 aromatic rings. The SMILES string of the molecule is CCN(C)c1nc(N)c(C(=O)NC(C)c2nc(C)cs2)s1. The number of nitrogen functional groups attached to an aromatic ring is 1. The van der Waals surface area contributed by atoms with E-state index in [-0.39, 0.29) is 17.8 Å². The van der Waals surface area contributed by atoms with Crippen molar-refractivity contribution < 1.29 is 4.79 Å². The van der Waals surface area contributed by atoms with Gasteiger partial charge in [-0.15, -0.1) is 11.3 Å². The highest BCUT2D eigenvalue weighted by Crippen LogP contribution is 2.28. The van der Waals surface area contributed by atoms with E-state index in [9.17, 15) is 4.79 Å². The highest BCUT2D eigenvalue weighted by atomic mass is 32.1. The average Bonchev–Trinajstić information content (AvgIpc) is 3.04. The second kappa shape index (κ2) is 6.40. The van der Waals surface area contributed by atoms with E-state index in [4.69, 9.17) is 5.73 Å². The molecular formula is C13H19N5OS2. The Morgan fingerprint density at radius 1 is 1.52 bits per heavy atom. The number of aryl methyl sites for hydroxylation is 1. The molecule has 0 saturated carbocycles. The number of anilines is 2. The second-order valence-electron chi connectivity index (χ2n) is 4.75. The molecule has 6 nitrogen and oxygen atoms in total. The lowest BCUT2D eigenvalue weighted by Gasteiger charge is -2.11. The summed E-state index contributed by atoms with van der Waals surface area (Å²) in [5.41, 5.74) is 6.81. The minimum absolute atomic E-state index is 0.148. The van der Waals surface area contributed by atoms with Gasteiger partial charge in [-0.2, -0.15) is 0 Å². The smallest absolute Gasteiger partial charge is 0.265 e. The highest BCUT2D eigenvalue weighted by Gasteiger charge is 2.20. The van der Waals surface area contributed by atoms with E-state index < -0.39 is 0 Å². The Labute approximate surface area is 132 Å². The van der Waals surface area contributed by atoms with Gasteiger partial charge in [0.25, 0.3) is 5.91 Å². The number of rotatable bonds is 5.